The quantitative estimate of drug-likeness (QED) is 0.935. The number of hydrogen-bond donors (Lipinski definition) is 1. The van der Waals surface area contributed by atoms with E-state index in [4.69, 9.17) is 4.98 Å². The van der Waals surface area contributed by atoms with E-state index in [9.17, 15) is 5.11 Å². The maximum atomic E-state index is 9.18. The maximum absolute atomic E-state index is 9.18. The number of nitrogens with zero attached hydrogens (tertiary/aromatic N) is 2. The van der Waals surface area contributed by atoms with Crippen molar-refractivity contribution in [1.29, 1.82) is 0 Å². The SMILES string of the molecule is Cc1cccc2cnc(CS[C@H]3CC[C@H](CO)CC3)nc12. The average Bonchev–Trinajstić information content (AvgIpc) is 2.54. The van der Waals surface area contributed by atoms with E-state index in [1.807, 2.05) is 18.0 Å². The third-order valence-corrected chi connectivity index (χ3v) is 5.73. The molecule has 0 bridgehead atoms. The van der Waals surface area contributed by atoms with Gasteiger partial charge in [-0.2, -0.15) is 11.8 Å². The van der Waals surface area contributed by atoms with E-state index in [1.54, 1.807) is 0 Å². The second-order valence-corrected chi connectivity index (χ2v) is 7.22. The Kier molecular flexibility index (Phi) is 4.76. The minimum atomic E-state index is 0.352. The van der Waals surface area contributed by atoms with Crippen LogP contribution in [0.5, 0.6) is 0 Å². The zero-order valence-corrected chi connectivity index (χ0v) is 13.3. The molecule has 3 nitrogen and oxygen atoms in total. The molecule has 1 aromatic heterocycles. The normalized spacial score (nSPS) is 22.6. The molecule has 1 fully saturated rings. The van der Waals surface area contributed by atoms with Crippen LogP contribution in [0.4, 0.5) is 0 Å². The average molecular weight is 302 g/mol. The number of aryl methyl sites for hydroxylation is 1. The zero-order chi connectivity index (χ0) is 14.7. The number of benzene rings is 1. The van der Waals surface area contributed by atoms with Crippen LogP contribution in [-0.2, 0) is 5.75 Å². The van der Waals surface area contributed by atoms with Gasteiger partial charge in [0.05, 0.1) is 11.3 Å². The fourth-order valence-corrected chi connectivity index (χ4v) is 4.11. The van der Waals surface area contributed by atoms with Gasteiger partial charge in [0.15, 0.2) is 0 Å². The molecule has 0 amide bonds. The lowest BCUT2D eigenvalue weighted by Gasteiger charge is -2.26. The van der Waals surface area contributed by atoms with E-state index in [1.165, 1.54) is 18.4 Å². The Labute approximate surface area is 130 Å². The molecular formula is C17H22N2OS. The summed E-state index contributed by atoms with van der Waals surface area (Å²) >= 11 is 1.97. The Hall–Kier alpha value is -1.13. The van der Waals surface area contributed by atoms with Crippen LogP contribution < -0.4 is 0 Å². The molecule has 0 atom stereocenters. The first-order chi connectivity index (χ1) is 10.3. The van der Waals surface area contributed by atoms with Crippen LogP contribution in [0, 0.1) is 12.8 Å². The molecule has 1 aliphatic rings. The molecular weight excluding hydrogens is 280 g/mol. The van der Waals surface area contributed by atoms with E-state index in [-0.39, 0.29) is 0 Å². The smallest absolute Gasteiger partial charge is 0.138 e. The van der Waals surface area contributed by atoms with Gasteiger partial charge < -0.3 is 5.11 Å². The van der Waals surface area contributed by atoms with Crippen molar-refractivity contribution in [2.24, 2.45) is 5.92 Å². The Bertz CT molecular complexity index is 609. The topological polar surface area (TPSA) is 46.0 Å². The van der Waals surface area contributed by atoms with Gasteiger partial charge in [0.2, 0.25) is 0 Å². The van der Waals surface area contributed by atoms with Crippen molar-refractivity contribution < 1.29 is 5.11 Å². The second kappa shape index (κ2) is 6.75. The Balaban J connectivity index is 1.62. The predicted octanol–water partition coefficient (Wildman–Crippen LogP) is 3.72. The number of thioether (sulfide) groups is 1. The second-order valence-electron chi connectivity index (χ2n) is 5.94. The highest BCUT2D eigenvalue weighted by atomic mass is 32.2. The van der Waals surface area contributed by atoms with E-state index >= 15 is 0 Å². The maximum Gasteiger partial charge on any atom is 0.138 e. The first-order valence-electron chi connectivity index (χ1n) is 7.70. The minimum Gasteiger partial charge on any atom is -0.396 e. The molecule has 0 aliphatic heterocycles. The van der Waals surface area contributed by atoms with Crippen LogP contribution in [0.15, 0.2) is 24.4 Å². The number of aliphatic hydroxyl groups is 1. The van der Waals surface area contributed by atoms with Crippen molar-refractivity contribution in [2.75, 3.05) is 6.61 Å². The summed E-state index contributed by atoms with van der Waals surface area (Å²) in [5, 5.41) is 11.0. The predicted molar refractivity (Wildman–Crippen MR) is 88.4 cm³/mol. The largest absolute Gasteiger partial charge is 0.396 e. The molecule has 0 radical (unpaired) electrons. The van der Waals surface area contributed by atoms with Crippen molar-refractivity contribution >= 4 is 22.7 Å². The highest BCUT2D eigenvalue weighted by Crippen LogP contribution is 2.33. The molecule has 3 rings (SSSR count). The van der Waals surface area contributed by atoms with Gasteiger partial charge in [-0.3, -0.25) is 0 Å². The molecule has 1 heterocycles. The molecule has 1 aliphatic carbocycles. The summed E-state index contributed by atoms with van der Waals surface area (Å²) in [7, 11) is 0. The van der Waals surface area contributed by atoms with Crippen molar-refractivity contribution in [2.45, 2.75) is 43.6 Å². The molecule has 4 heteroatoms. The molecule has 0 unspecified atom stereocenters. The van der Waals surface area contributed by atoms with Gasteiger partial charge >= 0.3 is 0 Å². The lowest BCUT2D eigenvalue weighted by atomic mass is 9.90. The molecule has 2 aromatic rings. The fraction of sp³-hybridized carbons (Fsp3) is 0.529. The van der Waals surface area contributed by atoms with Crippen LogP contribution >= 0.6 is 11.8 Å². The third kappa shape index (κ3) is 3.55. The van der Waals surface area contributed by atoms with Crippen molar-refractivity contribution in [3.8, 4) is 0 Å². The molecule has 1 N–H and O–H groups in total. The Morgan fingerprint density at radius 2 is 2.05 bits per heavy atom. The first-order valence-corrected chi connectivity index (χ1v) is 8.75. The number of fused-ring (bicyclic) bond motifs is 1. The van der Waals surface area contributed by atoms with Crippen LogP contribution in [0.3, 0.4) is 0 Å². The highest BCUT2D eigenvalue weighted by molar-refractivity contribution is 7.99. The summed E-state index contributed by atoms with van der Waals surface area (Å²) in [4.78, 5) is 9.21. The summed E-state index contributed by atoms with van der Waals surface area (Å²) in [5.41, 5.74) is 2.29. The van der Waals surface area contributed by atoms with Gasteiger partial charge in [0.1, 0.15) is 5.82 Å². The van der Waals surface area contributed by atoms with Crippen LogP contribution in [0.25, 0.3) is 10.9 Å². The fourth-order valence-electron chi connectivity index (χ4n) is 2.98. The lowest BCUT2D eigenvalue weighted by Crippen LogP contribution is -2.18. The zero-order valence-electron chi connectivity index (χ0n) is 12.5. The molecule has 0 spiro atoms. The molecule has 112 valence electrons. The van der Waals surface area contributed by atoms with E-state index in [0.29, 0.717) is 17.8 Å². The van der Waals surface area contributed by atoms with Crippen LogP contribution in [-0.4, -0.2) is 26.9 Å². The monoisotopic (exact) mass is 302 g/mol. The van der Waals surface area contributed by atoms with Crippen LogP contribution in [0.2, 0.25) is 0 Å². The van der Waals surface area contributed by atoms with E-state index in [2.05, 4.69) is 30.1 Å². The number of rotatable bonds is 4. The van der Waals surface area contributed by atoms with Gasteiger partial charge in [-0.05, 0) is 44.1 Å². The number of hydrogen-bond acceptors (Lipinski definition) is 4. The van der Waals surface area contributed by atoms with Gasteiger partial charge in [0, 0.05) is 23.4 Å². The van der Waals surface area contributed by atoms with Gasteiger partial charge in [-0.25, -0.2) is 9.97 Å². The summed E-state index contributed by atoms with van der Waals surface area (Å²) < 4.78 is 0. The van der Waals surface area contributed by atoms with Crippen LogP contribution in [0.1, 0.15) is 37.1 Å². The summed E-state index contributed by atoms with van der Waals surface area (Å²) in [6.07, 6.45) is 6.68. The van der Waals surface area contributed by atoms with E-state index in [0.717, 1.165) is 35.3 Å². The molecule has 21 heavy (non-hydrogen) atoms. The summed E-state index contributed by atoms with van der Waals surface area (Å²) in [6, 6.07) is 6.22. The summed E-state index contributed by atoms with van der Waals surface area (Å²) in [5.74, 6) is 2.35. The third-order valence-electron chi connectivity index (χ3n) is 4.36. The number of aliphatic hydroxyl groups excluding tert-OH is 1. The van der Waals surface area contributed by atoms with Crippen molar-refractivity contribution in [3.63, 3.8) is 0 Å². The minimum absolute atomic E-state index is 0.352. The molecule has 1 aromatic carbocycles. The first kappa shape index (κ1) is 14.8. The lowest BCUT2D eigenvalue weighted by molar-refractivity contribution is 0.192. The summed E-state index contributed by atoms with van der Waals surface area (Å²) in [6.45, 7) is 2.45. The van der Waals surface area contributed by atoms with Gasteiger partial charge in [-0.15, -0.1) is 0 Å². The van der Waals surface area contributed by atoms with Gasteiger partial charge in [-0.1, -0.05) is 18.2 Å². The van der Waals surface area contributed by atoms with Gasteiger partial charge in [0.25, 0.3) is 0 Å². The standard InChI is InChI=1S/C17H22N2OS/c1-12-3-2-4-14-9-18-16(19-17(12)14)11-21-15-7-5-13(10-20)6-8-15/h2-4,9,13,15,20H,5-8,10-11H2,1H3/t13-,15-. The number of aromatic nitrogens is 2. The van der Waals surface area contributed by atoms with Crippen molar-refractivity contribution in [1.82, 2.24) is 9.97 Å². The highest BCUT2D eigenvalue weighted by Gasteiger charge is 2.21. The molecule has 0 saturated heterocycles. The van der Waals surface area contributed by atoms with E-state index < -0.39 is 0 Å². The van der Waals surface area contributed by atoms with Crippen molar-refractivity contribution in [3.05, 3.63) is 35.8 Å². The Morgan fingerprint density at radius 3 is 2.81 bits per heavy atom. The Morgan fingerprint density at radius 1 is 1.24 bits per heavy atom. The number of para-hydroxylation sites is 1. The molecule has 1 saturated carbocycles.